The average molecular weight is 327 g/mol. The second-order valence-electron chi connectivity index (χ2n) is 5.88. The highest BCUT2D eigenvalue weighted by atomic mass is 16.5. The number of rotatable bonds is 6. The molecule has 4 nitrogen and oxygen atoms in total. The van der Waals surface area contributed by atoms with E-state index in [0.717, 1.165) is 12.0 Å². The van der Waals surface area contributed by atoms with Gasteiger partial charge < -0.3 is 14.8 Å². The van der Waals surface area contributed by atoms with Crippen molar-refractivity contribution in [3.8, 4) is 11.5 Å². The third kappa shape index (κ3) is 4.07. The summed E-state index contributed by atoms with van der Waals surface area (Å²) >= 11 is 0. The summed E-state index contributed by atoms with van der Waals surface area (Å²) in [5.41, 5.74) is 4.11. The van der Waals surface area contributed by atoms with Crippen LogP contribution in [0.5, 0.6) is 11.5 Å². The third-order valence-electron chi connectivity index (χ3n) is 4.26. The van der Waals surface area contributed by atoms with Crippen LogP contribution in [0.4, 0.5) is 0 Å². The Balaban J connectivity index is 2.24. The van der Waals surface area contributed by atoms with Crippen molar-refractivity contribution in [2.45, 2.75) is 33.2 Å². The van der Waals surface area contributed by atoms with Crippen LogP contribution in [0.15, 0.2) is 36.4 Å². The zero-order chi connectivity index (χ0) is 17.7. The second kappa shape index (κ2) is 7.86. The molecule has 2 aromatic rings. The van der Waals surface area contributed by atoms with Gasteiger partial charge in [0, 0.05) is 11.6 Å². The third-order valence-corrected chi connectivity index (χ3v) is 4.26. The van der Waals surface area contributed by atoms with Crippen LogP contribution in [0, 0.1) is 13.8 Å². The van der Waals surface area contributed by atoms with E-state index in [9.17, 15) is 4.79 Å². The van der Waals surface area contributed by atoms with Crippen LogP contribution in [0.1, 0.15) is 46.4 Å². The molecule has 1 amide bonds. The number of benzene rings is 2. The first kappa shape index (κ1) is 17.9. The van der Waals surface area contributed by atoms with Gasteiger partial charge in [-0.1, -0.05) is 25.1 Å². The van der Waals surface area contributed by atoms with Crippen molar-refractivity contribution in [3.05, 3.63) is 58.7 Å². The first-order valence-electron chi connectivity index (χ1n) is 8.09. The highest BCUT2D eigenvalue weighted by molar-refractivity contribution is 5.95. The summed E-state index contributed by atoms with van der Waals surface area (Å²) in [6, 6.07) is 11.4. The van der Waals surface area contributed by atoms with Crippen LogP contribution in [-0.2, 0) is 0 Å². The van der Waals surface area contributed by atoms with Crippen molar-refractivity contribution in [3.63, 3.8) is 0 Å². The van der Waals surface area contributed by atoms with Gasteiger partial charge in [-0.05, 0) is 49.1 Å². The number of amides is 1. The number of nitrogens with one attached hydrogen (secondary N) is 1. The minimum atomic E-state index is -0.141. The maximum Gasteiger partial charge on any atom is 0.252 e. The summed E-state index contributed by atoms with van der Waals surface area (Å²) in [6.45, 7) is 6.23. The van der Waals surface area contributed by atoms with E-state index in [0.29, 0.717) is 17.1 Å². The van der Waals surface area contributed by atoms with E-state index in [4.69, 9.17) is 9.47 Å². The lowest BCUT2D eigenvalue weighted by atomic mass is 9.99. The number of hydrogen-bond donors (Lipinski definition) is 1. The highest BCUT2D eigenvalue weighted by Gasteiger charge is 2.16. The molecule has 2 aromatic carbocycles. The summed E-state index contributed by atoms with van der Waals surface area (Å²) in [5, 5.41) is 3.10. The molecule has 0 heterocycles. The van der Waals surface area contributed by atoms with Crippen LogP contribution in [-0.4, -0.2) is 20.1 Å². The molecular formula is C20H25NO3. The van der Waals surface area contributed by atoms with Gasteiger partial charge in [0.25, 0.3) is 5.91 Å². The van der Waals surface area contributed by atoms with Crippen LogP contribution >= 0.6 is 0 Å². The van der Waals surface area contributed by atoms with E-state index < -0.39 is 0 Å². The molecule has 0 saturated carbocycles. The standard InChI is InChI=1S/C20H25NO3/c1-6-19(15-8-7-13(2)14(3)9-15)21-20(22)16-10-17(23-4)12-18(11-16)24-5/h7-12,19H,6H2,1-5H3,(H,21,22)/t19-/m0/s1. The lowest BCUT2D eigenvalue weighted by Crippen LogP contribution is -2.28. The Morgan fingerprint density at radius 3 is 2.12 bits per heavy atom. The summed E-state index contributed by atoms with van der Waals surface area (Å²) in [4.78, 5) is 12.7. The van der Waals surface area contributed by atoms with Gasteiger partial charge in [-0.2, -0.15) is 0 Å². The fraction of sp³-hybridized carbons (Fsp3) is 0.350. The maximum absolute atomic E-state index is 12.7. The van der Waals surface area contributed by atoms with Crippen molar-refractivity contribution in [1.82, 2.24) is 5.32 Å². The molecule has 1 atom stereocenters. The van der Waals surface area contributed by atoms with E-state index in [-0.39, 0.29) is 11.9 Å². The van der Waals surface area contributed by atoms with Crippen molar-refractivity contribution in [2.24, 2.45) is 0 Å². The van der Waals surface area contributed by atoms with E-state index >= 15 is 0 Å². The van der Waals surface area contributed by atoms with Gasteiger partial charge in [0.2, 0.25) is 0 Å². The van der Waals surface area contributed by atoms with Gasteiger partial charge in [0.05, 0.1) is 20.3 Å². The molecule has 0 radical (unpaired) electrons. The zero-order valence-corrected chi connectivity index (χ0v) is 15.0. The molecule has 0 aliphatic heterocycles. The quantitative estimate of drug-likeness (QED) is 0.865. The van der Waals surface area contributed by atoms with Crippen molar-refractivity contribution >= 4 is 5.91 Å². The Kier molecular flexibility index (Phi) is 5.85. The first-order chi connectivity index (χ1) is 11.5. The molecule has 4 heteroatoms. The normalized spacial score (nSPS) is 11.7. The molecule has 0 bridgehead atoms. The van der Waals surface area contributed by atoms with E-state index in [2.05, 4.69) is 44.3 Å². The number of hydrogen-bond acceptors (Lipinski definition) is 3. The Bertz CT molecular complexity index is 703. The Morgan fingerprint density at radius 1 is 1.00 bits per heavy atom. The smallest absolute Gasteiger partial charge is 0.252 e. The summed E-state index contributed by atoms with van der Waals surface area (Å²) in [5.74, 6) is 1.05. The number of methoxy groups -OCH3 is 2. The van der Waals surface area contributed by atoms with Crippen LogP contribution in [0.25, 0.3) is 0 Å². The number of aryl methyl sites for hydroxylation is 2. The van der Waals surface area contributed by atoms with Gasteiger partial charge >= 0.3 is 0 Å². The maximum atomic E-state index is 12.7. The lowest BCUT2D eigenvalue weighted by molar-refractivity contribution is 0.0935. The van der Waals surface area contributed by atoms with Gasteiger partial charge in [0.15, 0.2) is 0 Å². The van der Waals surface area contributed by atoms with Crippen molar-refractivity contribution in [2.75, 3.05) is 14.2 Å². The number of carbonyl (C=O) groups is 1. The SMILES string of the molecule is CC[C@H](NC(=O)c1cc(OC)cc(OC)c1)c1ccc(C)c(C)c1. The van der Waals surface area contributed by atoms with Gasteiger partial charge in [-0.3, -0.25) is 4.79 Å². The minimum absolute atomic E-state index is 0.0333. The molecule has 0 unspecified atom stereocenters. The molecule has 128 valence electrons. The average Bonchev–Trinajstić information content (AvgIpc) is 2.61. The molecule has 0 aromatic heterocycles. The number of ether oxygens (including phenoxy) is 2. The first-order valence-corrected chi connectivity index (χ1v) is 8.09. The molecule has 0 saturated heterocycles. The van der Waals surface area contributed by atoms with Crippen LogP contribution in [0.2, 0.25) is 0 Å². The Morgan fingerprint density at radius 2 is 1.62 bits per heavy atom. The van der Waals surface area contributed by atoms with Gasteiger partial charge in [0.1, 0.15) is 11.5 Å². The fourth-order valence-electron chi connectivity index (χ4n) is 2.58. The molecule has 0 fully saturated rings. The van der Waals surface area contributed by atoms with Crippen molar-refractivity contribution < 1.29 is 14.3 Å². The van der Waals surface area contributed by atoms with E-state index in [1.54, 1.807) is 32.4 Å². The van der Waals surface area contributed by atoms with Crippen molar-refractivity contribution in [1.29, 1.82) is 0 Å². The molecule has 24 heavy (non-hydrogen) atoms. The van der Waals surface area contributed by atoms with E-state index in [1.165, 1.54) is 11.1 Å². The zero-order valence-electron chi connectivity index (χ0n) is 15.0. The van der Waals surface area contributed by atoms with E-state index in [1.807, 2.05) is 0 Å². The predicted molar refractivity (Wildman–Crippen MR) is 96.0 cm³/mol. The van der Waals surface area contributed by atoms with Crippen LogP contribution < -0.4 is 14.8 Å². The lowest BCUT2D eigenvalue weighted by Gasteiger charge is -2.19. The Hall–Kier alpha value is -2.49. The molecule has 0 aliphatic carbocycles. The largest absolute Gasteiger partial charge is 0.497 e. The van der Waals surface area contributed by atoms with Crippen LogP contribution in [0.3, 0.4) is 0 Å². The number of carbonyl (C=O) groups excluding carboxylic acids is 1. The van der Waals surface area contributed by atoms with Gasteiger partial charge in [-0.15, -0.1) is 0 Å². The predicted octanol–water partition coefficient (Wildman–Crippen LogP) is 4.20. The summed E-state index contributed by atoms with van der Waals surface area (Å²) in [7, 11) is 3.14. The fourth-order valence-corrected chi connectivity index (χ4v) is 2.58. The Labute approximate surface area is 143 Å². The topological polar surface area (TPSA) is 47.6 Å². The highest BCUT2D eigenvalue weighted by Crippen LogP contribution is 2.24. The molecule has 2 rings (SSSR count). The minimum Gasteiger partial charge on any atom is -0.497 e. The monoisotopic (exact) mass is 327 g/mol. The molecule has 0 spiro atoms. The molecular weight excluding hydrogens is 302 g/mol. The molecule has 0 aliphatic rings. The second-order valence-corrected chi connectivity index (χ2v) is 5.88. The van der Waals surface area contributed by atoms with Gasteiger partial charge in [-0.25, -0.2) is 0 Å². The summed E-state index contributed by atoms with van der Waals surface area (Å²) < 4.78 is 10.5. The molecule has 1 N–H and O–H groups in total. The summed E-state index contributed by atoms with van der Waals surface area (Å²) in [6.07, 6.45) is 0.815.